The fourth-order valence-electron chi connectivity index (χ4n) is 1.31. The lowest BCUT2D eigenvalue weighted by Crippen LogP contribution is -2.42. The predicted octanol–water partition coefficient (Wildman–Crippen LogP) is 1.79. The van der Waals surface area contributed by atoms with Gasteiger partial charge < -0.3 is 15.5 Å². The van der Waals surface area contributed by atoms with Gasteiger partial charge in [-0.3, -0.25) is 9.59 Å². The fraction of sp³-hybridized carbons (Fsp3) is 0.182. The van der Waals surface area contributed by atoms with Crippen LogP contribution in [0, 0.1) is 5.82 Å². The topological polar surface area (TPSA) is 104 Å². The molecule has 0 saturated carbocycles. The summed E-state index contributed by atoms with van der Waals surface area (Å²) < 4.78 is 13.2. The van der Waals surface area contributed by atoms with E-state index < -0.39 is 36.1 Å². The first-order chi connectivity index (χ1) is 9.22. The van der Waals surface area contributed by atoms with Gasteiger partial charge in [-0.15, -0.1) is 0 Å². The molecule has 1 aromatic carbocycles. The third-order valence-electron chi connectivity index (χ3n) is 2.24. The molecule has 0 spiro atoms. The number of aliphatic carboxylic acids is 2. The molecule has 0 aliphatic heterocycles. The normalized spacial score (nSPS) is 11.8. The summed E-state index contributed by atoms with van der Waals surface area (Å²) in [6, 6.07) is 0.0646. The molecule has 0 aliphatic rings. The molecule has 1 aromatic rings. The quantitative estimate of drug-likeness (QED) is 0.717. The summed E-state index contributed by atoms with van der Waals surface area (Å²) >= 11 is 11.1. The molecule has 1 rings (SSSR count). The molecule has 1 atom stereocenters. The lowest BCUT2D eigenvalue weighted by molar-refractivity contribution is -0.145. The van der Waals surface area contributed by atoms with Crippen molar-refractivity contribution in [2.24, 2.45) is 0 Å². The van der Waals surface area contributed by atoms with Crippen molar-refractivity contribution in [3.05, 3.63) is 33.6 Å². The highest BCUT2D eigenvalue weighted by Gasteiger charge is 2.25. The summed E-state index contributed by atoms with van der Waals surface area (Å²) in [5.74, 6) is -4.87. The van der Waals surface area contributed by atoms with E-state index in [1.807, 2.05) is 5.32 Å². The van der Waals surface area contributed by atoms with Gasteiger partial charge in [0.05, 0.1) is 22.0 Å². The maximum absolute atomic E-state index is 13.2. The van der Waals surface area contributed by atoms with Gasteiger partial charge in [-0.25, -0.2) is 9.18 Å². The number of rotatable bonds is 5. The second-order valence-electron chi connectivity index (χ2n) is 3.71. The van der Waals surface area contributed by atoms with E-state index in [0.717, 1.165) is 12.1 Å². The van der Waals surface area contributed by atoms with Crippen LogP contribution in [0.2, 0.25) is 10.0 Å². The summed E-state index contributed by atoms with van der Waals surface area (Å²) in [5.41, 5.74) is -0.342. The number of hydrogen-bond donors (Lipinski definition) is 3. The average Bonchev–Trinajstić information content (AvgIpc) is 2.32. The van der Waals surface area contributed by atoms with Gasteiger partial charge in [-0.05, 0) is 12.1 Å². The monoisotopic (exact) mass is 323 g/mol. The number of carboxylic acids is 2. The largest absolute Gasteiger partial charge is 0.481 e. The molecule has 0 aromatic heterocycles. The smallest absolute Gasteiger partial charge is 0.326 e. The van der Waals surface area contributed by atoms with Crippen LogP contribution in [0.1, 0.15) is 16.8 Å². The Morgan fingerprint density at radius 3 is 2.30 bits per heavy atom. The molecule has 0 radical (unpaired) electrons. The van der Waals surface area contributed by atoms with E-state index in [1.54, 1.807) is 0 Å². The van der Waals surface area contributed by atoms with Gasteiger partial charge in [-0.1, -0.05) is 23.2 Å². The van der Waals surface area contributed by atoms with Crippen LogP contribution < -0.4 is 5.32 Å². The minimum Gasteiger partial charge on any atom is -0.481 e. The molecule has 0 heterocycles. The van der Waals surface area contributed by atoms with E-state index in [1.165, 1.54) is 0 Å². The van der Waals surface area contributed by atoms with Crippen LogP contribution in [0.5, 0.6) is 0 Å². The molecule has 3 N–H and O–H groups in total. The summed E-state index contributed by atoms with van der Waals surface area (Å²) in [4.78, 5) is 33.0. The zero-order valence-electron chi connectivity index (χ0n) is 9.69. The van der Waals surface area contributed by atoms with Gasteiger partial charge in [0.1, 0.15) is 11.9 Å². The zero-order valence-corrected chi connectivity index (χ0v) is 11.2. The molecule has 6 nitrogen and oxygen atoms in total. The molecule has 0 bridgehead atoms. The van der Waals surface area contributed by atoms with Crippen LogP contribution in [-0.2, 0) is 9.59 Å². The second kappa shape index (κ2) is 6.53. The van der Waals surface area contributed by atoms with E-state index >= 15 is 0 Å². The van der Waals surface area contributed by atoms with E-state index in [2.05, 4.69) is 0 Å². The molecular weight excluding hydrogens is 316 g/mol. The zero-order chi connectivity index (χ0) is 15.4. The van der Waals surface area contributed by atoms with Crippen molar-refractivity contribution in [2.45, 2.75) is 12.5 Å². The van der Waals surface area contributed by atoms with Crippen LogP contribution in [0.3, 0.4) is 0 Å². The van der Waals surface area contributed by atoms with Crippen LogP contribution in [0.25, 0.3) is 0 Å². The van der Waals surface area contributed by atoms with Crippen molar-refractivity contribution in [3.8, 4) is 0 Å². The molecule has 1 amide bonds. The van der Waals surface area contributed by atoms with Gasteiger partial charge in [0.25, 0.3) is 5.91 Å². The Bertz CT molecular complexity index is 578. The van der Waals surface area contributed by atoms with E-state index in [9.17, 15) is 18.8 Å². The molecule has 0 aliphatic carbocycles. The Morgan fingerprint density at radius 1 is 1.20 bits per heavy atom. The third kappa shape index (κ3) is 4.07. The van der Waals surface area contributed by atoms with Crippen molar-refractivity contribution < 1.29 is 29.0 Å². The van der Waals surface area contributed by atoms with Gasteiger partial charge in [0, 0.05) is 0 Å². The van der Waals surface area contributed by atoms with Crippen molar-refractivity contribution in [1.82, 2.24) is 5.32 Å². The van der Waals surface area contributed by atoms with E-state index in [-0.39, 0.29) is 15.6 Å². The summed E-state index contributed by atoms with van der Waals surface area (Å²) in [5, 5.41) is 18.8. The first kappa shape index (κ1) is 16.2. The summed E-state index contributed by atoms with van der Waals surface area (Å²) in [7, 11) is 0. The van der Waals surface area contributed by atoms with E-state index in [4.69, 9.17) is 33.4 Å². The van der Waals surface area contributed by atoms with Crippen LogP contribution in [0.15, 0.2) is 12.1 Å². The summed E-state index contributed by atoms with van der Waals surface area (Å²) in [6.07, 6.45) is -0.825. The minimum atomic E-state index is -1.66. The number of carbonyl (C=O) groups is 3. The SMILES string of the molecule is O=C(O)C[C@H](NC(=O)c1cc(F)c(Cl)cc1Cl)C(=O)O. The highest BCUT2D eigenvalue weighted by atomic mass is 35.5. The lowest BCUT2D eigenvalue weighted by atomic mass is 10.1. The second-order valence-corrected chi connectivity index (χ2v) is 4.52. The molecule has 9 heteroatoms. The summed E-state index contributed by atoms with van der Waals surface area (Å²) in [6.45, 7) is 0. The van der Waals surface area contributed by atoms with Crippen LogP contribution in [0.4, 0.5) is 4.39 Å². The number of carbonyl (C=O) groups excluding carboxylic acids is 1. The number of halogens is 3. The fourth-order valence-corrected chi connectivity index (χ4v) is 1.78. The van der Waals surface area contributed by atoms with Gasteiger partial charge in [0.15, 0.2) is 0 Å². The third-order valence-corrected chi connectivity index (χ3v) is 2.84. The number of benzene rings is 1. The van der Waals surface area contributed by atoms with Crippen LogP contribution >= 0.6 is 23.2 Å². The standard InChI is InChI=1S/C11H8Cl2FNO5/c12-5-2-6(13)7(14)1-4(5)10(18)15-8(11(19)20)3-9(16)17/h1-2,8H,3H2,(H,15,18)(H,16,17)(H,19,20)/t8-/m0/s1. The van der Waals surface area contributed by atoms with E-state index in [0.29, 0.717) is 0 Å². The highest BCUT2D eigenvalue weighted by molar-refractivity contribution is 6.36. The minimum absolute atomic E-state index is 0.187. The Morgan fingerprint density at radius 2 is 1.80 bits per heavy atom. The predicted molar refractivity (Wildman–Crippen MR) is 67.6 cm³/mol. The average molecular weight is 324 g/mol. The van der Waals surface area contributed by atoms with Crippen LogP contribution in [-0.4, -0.2) is 34.1 Å². The molecule has 20 heavy (non-hydrogen) atoms. The van der Waals surface area contributed by atoms with Crippen molar-refractivity contribution in [1.29, 1.82) is 0 Å². The number of hydrogen-bond acceptors (Lipinski definition) is 3. The molecule has 0 fully saturated rings. The first-order valence-electron chi connectivity index (χ1n) is 5.12. The first-order valence-corrected chi connectivity index (χ1v) is 5.88. The molecule has 0 saturated heterocycles. The lowest BCUT2D eigenvalue weighted by Gasteiger charge is -2.13. The van der Waals surface area contributed by atoms with Gasteiger partial charge in [0.2, 0.25) is 0 Å². The Kier molecular flexibility index (Phi) is 5.29. The molecular formula is C11H8Cl2FNO5. The van der Waals surface area contributed by atoms with Crippen molar-refractivity contribution in [2.75, 3.05) is 0 Å². The Labute approximate surface area is 122 Å². The van der Waals surface area contributed by atoms with Crippen molar-refractivity contribution >= 4 is 41.0 Å². The maximum atomic E-state index is 13.2. The maximum Gasteiger partial charge on any atom is 0.326 e. The molecule has 108 valence electrons. The van der Waals surface area contributed by atoms with Gasteiger partial charge in [-0.2, -0.15) is 0 Å². The Balaban J connectivity index is 2.97. The van der Waals surface area contributed by atoms with Gasteiger partial charge >= 0.3 is 11.9 Å². The number of nitrogens with one attached hydrogen (secondary N) is 1. The van der Waals surface area contributed by atoms with Crippen molar-refractivity contribution in [3.63, 3.8) is 0 Å². The Hall–Kier alpha value is -1.86. The number of carboxylic acid groups (broad SMARTS) is 2. The highest BCUT2D eigenvalue weighted by Crippen LogP contribution is 2.24. The molecule has 0 unspecified atom stereocenters. The number of amides is 1.